The van der Waals surface area contributed by atoms with Gasteiger partial charge in [0.2, 0.25) is 5.96 Å². The molecule has 1 heterocycles. The summed E-state index contributed by atoms with van der Waals surface area (Å²) in [5.74, 6) is 5.90. The molecule has 0 bridgehead atoms. The van der Waals surface area contributed by atoms with Crippen molar-refractivity contribution in [1.82, 2.24) is 10.7 Å². The normalized spacial score (nSPS) is 11.5. The molecule has 0 saturated heterocycles. The van der Waals surface area contributed by atoms with Crippen molar-refractivity contribution in [3.05, 3.63) is 20.8 Å². The minimum atomic E-state index is 0.622. The fourth-order valence-electron chi connectivity index (χ4n) is 0.914. The molecular formula is C8H13BrN4S. The van der Waals surface area contributed by atoms with Crippen LogP contribution in [-0.4, -0.2) is 12.5 Å². The summed E-state index contributed by atoms with van der Waals surface area (Å²) < 4.78 is 1.12. The highest BCUT2D eigenvalue weighted by molar-refractivity contribution is 9.11. The fraction of sp³-hybridized carbons (Fsp3) is 0.375. The number of hydrogen-bond donors (Lipinski definition) is 3. The van der Waals surface area contributed by atoms with Gasteiger partial charge in [-0.2, -0.15) is 0 Å². The predicted molar refractivity (Wildman–Crippen MR) is 64.2 cm³/mol. The van der Waals surface area contributed by atoms with Crippen LogP contribution in [-0.2, 0) is 6.54 Å². The third-order valence-electron chi connectivity index (χ3n) is 1.50. The molecule has 0 aliphatic carbocycles. The Bertz CT molecular complexity index is 310. The van der Waals surface area contributed by atoms with Gasteiger partial charge in [-0.25, -0.2) is 10.8 Å². The lowest BCUT2D eigenvalue weighted by Gasteiger charge is -2.05. The van der Waals surface area contributed by atoms with Crippen LogP contribution in [0.3, 0.4) is 0 Å². The zero-order chi connectivity index (χ0) is 10.4. The lowest BCUT2D eigenvalue weighted by atomic mass is 10.5. The highest BCUT2D eigenvalue weighted by Crippen LogP contribution is 2.22. The molecular weight excluding hydrogens is 264 g/mol. The van der Waals surface area contributed by atoms with Crippen molar-refractivity contribution in [2.75, 3.05) is 6.54 Å². The summed E-state index contributed by atoms with van der Waals surface area (Å²) in [7, 11) is 0. The van der Waals surface area contributed by atoms with Gasteiger partial charge in [-0.05, 0) is 35.0 Å². The number of rotatable bonds is 3. The molecule has 0 radical (unpaired) electrons. The number of hydrogen-bond acceptors (Lipinski definition) is 3. The standard InChI is InChI=1S/C8H13BrN4S/c1-2-11-8(13-10)12-5-6-3-4-7(9)14-6/h3-4H,2,5,10H2,1H3,(H2,11,12,13). The molecule has 78 valence electrons. The molecule has 0 atom stereocenters. The van der Waals surface area contributed by atoms with Crippen molar-refractivity contribution in [2.45, 2.75) is 13.5 Å². The van der Waals surface area contributed by atoms with E-state index in [1.165, 1.54) is 4.88 Å². The first-order chi connectivity index (χ1) is 6.76. The summed E-state index contributed by atoms with van der Waals surface area (Å²) in [6.07, 6.45) is 0. The van der Waals surface area contributed by atoms with E-state index in [9.17, 15) is 0 Å². The molecule has 0 amide bonds. The first kappa shape index (κ1) is 11.5. The van der Waals surface area contributed by atoms with Crippen molar-refractivity contribution < 1.29 is 0 Å². The summed E-state index contributed by atoms with van der Waals surface area (Å²) in [4.78, 5) is 5.47. The summed E-state index contributed by atoms with van der Waals surface area (Å²) >= 11 is 5.07. The van der Waals surface area contributed by atoms with E-state index in [0.29, 0.717) is 12.5 Å². The van der Waals surface area contributed by atoms with Crippen molar-refractivity contribution >= 4 is 33.2 Å². The van der Waals surface area contributed by atoms with E-state index < -0.39 is 0 Å². The van der Waals surface area contributed by atoms with Gasteiger partial charge in [-0.15, -0.1) is 11.3 Å². The van der Waals surface area contributed by atoms with Crippen LogP contribution in [0, 0.1) is 0 Å². The Balaban J connectivity index is 2.51. The molecule has 4 N–H and O–H groups in total. The molecule has 0 fully saturated rings. The summed E-state index contributed by atoms with van der Waals surface area (Å²) in [5, 5.41) is 3.02. The number of nitrogens with two attached hydrogens (primary N) is 1. The van der Waals surface area contributed by atoms with E-state index in [2.05, 4.69) is 31.7 Å². The number of hydrazine groups is 1. The van der Waals surface area contributed by atoms with Crippen LogP contribution in [0.4, 0.5) is 0 Å². The predicted octanol–water partition coefficient (Wildman–Crippen LogP) is 1.44. The summed E-state index contributed by atoms with van der Waals surface area (Å²) in [5.41, 5.74) is 2.51. The highest BCUT2D eigenvalue weighted by Gasteiger charge is 1.97. The first-order valence-corrected chi connectivity index (χ1v) is 5.86. The number of halogens is 1. The van der Waals surface area contributed by atoms with Crippen molar-refractivity contribution in [2.24, 2.45) is 10.8 Å². The number of nitrogens with zero attached hydrogens (tertiary/aromatic N) is 1. The van der Waals surface area contributed by atoms with E-state index in [0.717, 1.165) is 10.3 Å². The van der Waals surface area contributed by atoms with Crippen LogP contribution in [0.2, 0.25) is 0 Å². The Kier molecular flexibility index (Phi) is 4.92. The number of nitrogens with one attached hydrogen (secondary N) is 2. The topological polar surface area (TPSA) is 62.4 Å². The second kappa shape index (κ2) is 6.00. The van der Waals surface area contributed by atoms with Crippen molar-refractivity contribution in [3.8, 4) is 0 Å². The Morgan fingerprint density at radius 1 is 1.64 bits per heavy atom. The average molecular weight is 277 g/mol. The average Bonchev–Trinajstić information content (AvgIpc) is 2.59. The van der Waals surface area contributed by atoms with Crippen LogP contribution in [0.1, 0.15) is 11.8 Å². The molecule has 0 spiro atoms. The summed E-state index contributed by atoms with van der Waals surface area (Å²) in [6, 6.07) is 4.05. The van der Waals surface area contributed by atoms with Gasteiger partial charge in [0.05, 0.1) is 10.3 Å². The zero-order valence-electron chi connectivity index (χ0n) is 7.88. The smallest absolute Gasteiger partial charge is 0.206 e. The van der Waals surface area contributed by atoms with Crippen LogP contribution in [0.5, 0.6) is 0 Å². The van der Waals surface area contributed by atoms with Gasteiger partial charge in [-0.1, -0.05) is 0 Å². The van der Waals surface area contributed by atoms with Crippen LogP contribution in [0.15, 0.2) is 20.9 Å². The maximum atomic E-state index is 5.28. The molecule has 1 aromatic heterocycles. The van der Waals surface area contributed by atoms with Gasteiger partial charge in [0, 0.05) is 11.4 Å². The monoisotopic (exact) mass is 276 g/mol. The molecule has 0 aliphatic rings. The summed E-state index contributed by atoms with van der Waals surface area (Å²) in [6.45, 7) is 3.44. The van der Waals surface area contributed by atoms with E-state index in [-0.39, 0.29) is 0 Å². The number of thiophene rings is 1. The molecule has 1 aromatic rings. The van der Waals surface area contributed by atoms with Crippen LogP contribution in [0.25, 0.3) is 0 Å². The second-order valence-electron chi connectivity index (χ2n) is 2.55. The number of aliphatic imine (C=N–C) groups is 1. The van der Waals surface area contributed by atoms with Gasteiger partial charge in [0.25, 0.3) is 0 Å². The van der Waals surface area contributed by atoms with E-state index >= 15 is 0 Å². The highest BCUT2D eigenvalue weighted by atomic mass is 79.9. The zero-order valence-corrected chi connectivity index (χ0v) is 10.3. The maximum absolute atomic E-state index is 5.28. The molecule has 4 nitrogen and oxygen atoms in total. The quantitative estimate of drug-likeness (QED) is 0.339. The van der Waals surface area contributed by atoms with Crippen LogP contribution >= 0.6 is 27.3 Å². The molecule has 6 heteroatoms. The van der Waals surface area contributed by atoms with Crippen LogP contribution < -0.4 is 16.6 Å². The molecule has 0 unspecified atom stereocenters. The van der Waals surface area contributed by atoms with Gasteiger partial charge in [0.15, 0.2) is 0 Å². The second-order valence-corrected chi connectivity index (χ2v) is 5.09. The van der Waals surface area contributed by atoms with Gasteiger partial charge >= 0.3 is 0 Å². The van der Waals surface area contributed by atoms with E-state index in [1.54, 1.807) is 11.3 Å². The Morgan fingerprint density at radius 3 is 2.93 bits per heavy atom. The van der Waals surface area contributed by atoms with Crippen molar-refractivity contribution in [3.63, 3.8) is 0 Å². The maximum Gasteiger partial charge on any atom is 0.206 e. The largest absolute Gasteiger partial charge is 0.356 e. The third kappa shape index (κ3) is 3.65. The molecule has 1 rings (SSSR count). The van der Waals surface area contributed by atoms with Gasteiger partial charge in [-0.3, -0.25) is 5.43 Å². The lowest BCUT2D eigenvalue weighted by molar-refractivity contribution is 0.854. The minimum Gasteiger partial charge on any atom is -0.356 e. The Hall–Kier alpha value is -0.590. The first-order valence-electron chi connectivity index (χ1n) is 4.25. The molecule has 0 aromatic carbocycles. The van der Waals surface area contributed by atoms with Gasteiger partial charge in [0.1, 0.15) is 0 Å². The minimum absolute atomic E-state index is 0.622. The van der Waals surface area contributed by atoms with Gasteiger partial charge < -0.3 is 5.32 Å². The number of guanidine groups is 1. The molecule has 0 aliphatic heterocycles. The molecule has 0 saturated carbocycles. The Morgan fingerprint density at radius 2 is 2.43 bits per heavy atom. The lowest BCUT2D eigenvalue weighted by Crippen LogP contribution is -2.41. The van der Waals surface area contributed by atoms with E-state index in [4.69, 9.17) is 5.84 Å². The Labute approximate surface area is 95.7 Å². The molecule has 14 heavy (non-hydrogen) atoms. The van der Waals surface area contributed by atoms with E-state index in [1.807, 2.05) is 19.1 Å². The van der Waals surface area contributed by atoms with Crippen molar-refractivity contribution in [1.29, 1.82) is 0 Å². The fourth-order valence-corrected chi connectivity index (χ4v) is 2.32. The third-order valence-corrected chi connectivity index (χ3v) is 3.11. The SMILES string of the molecule is CCNC(=NCc1ccc(Br)s1)NN.